The highest BCUT2D eigenvalue weighted by atomic mass is 32.2. The number of fused-ring (bicyclic) bond motifs is 1. The summed E-state index contributed by atoms with van der Waals surface area (Å²) in [5.74, 6) is 0.467. The molecular weight excluding hydrogens is 374 g/mol. The van der Waals surface area contributed by atoms with Gasteiger partial charge in [0.2, 0.25) is 10.0 Å². The molecule has 0 aliphatic rings. The van der Waals surface area contributed by atoms with Crippen molar-refractivity contribution in [2.45, 2.75) is 18.0 Å². The first kappa shape index (κ1) is 18.9. The van der Waals surface area contributed by atoms with Crippen molar-refractivity contribution in [3.05, 3.63) is 58.5 Å². The summed E-state index contributed by atoms with van der Waals surface area (Å²) >= 11 is 0. The summed E-state index contributed by atoms with van der Waals surface area (Å²) in [6, 6.07) is 8.39. The molecule has 3 aromatic rings. The van der Waals surface area contributed by atoms with Gasteiger partial charge in [-0.1, -0.05) is 6.07 Å². The van der Waals surface area contributed by atoms with Crippen LogP contribution >= 0.6 is 0 Å². The number of nitro groups is 1. The second kappa shape index (κ2) is 7.78. The van der Waals surface area contributed by atoms with E-state index in [0.29, 0.717) is 30.1 Å². The number of hydrogen-bond acceptors (Lipinski definition) is 7. The molecule has 11 heteroatoms. The maximum absolute atomic E-state index is 12.5. The van der Waals surface area contributed by atoms with E-state index in [1.165, 1.54) is 18.2 Å². The van der Waals surface area contributed by atoms with Crippen molar-refractivity contribution in [1.82, 2.24) is 19.3 Å². The molecule has 0 aliphatic carbocycles. The average molecular weight is 391 g/mol. The zero-order chi connectivity index (χ0) is 19.4. The lowest BCUT2D eigenvalue weighted by Crippen LogP contribution is -2.25. The molecule has 3 rings (SSSR count). The Morgan fingerprint density at radius 2 is 2.11 bits per heavy atom. The molecule has 1 aromatic carbocycles. The number of rotatable bonds is 8. The number of methoxy groups -OCH3 is 1. The first-order valence-corrected chi connectivity index (χ1v) is 9.44. The maximum Gasteiger partial charge on any atom is 0.270 e. The van der Waals surface area contributed by atoms with Crippen LogP contribution in [-0.4, -0.2) is 41.6 Å². The van der Waals surface area contributed by atoms with Crippen LogP contribution in [-0.2, 0) is 27.8 Å². The van der Waals surface area contributed by atoms with Crippen LogP contribution in [0.2, 0.25) is 0 Å². The highest BCUT2D eigenvalue weighted by Gasteiger charge is 2.19. The Kier molecular flexibility index (Phi) is 5.44. The maximum atomic E-state index is 12.5. The minimum absolute atomic E-state index is 0.0922. The Bertz CT molecular complexity index is 1080. The van der Waals surface area contributed by atoms with E-state index in [1.807, 2.05) is 0 Å². The van der Waals surface area contributed by atoms with Gasteiger partial charge in [-0.25, -0.2) is 23.1 Å². The predicted molar refractivity (Wildman–Crippen MR) is 96.5 cm³/mol. The molecule has 0 saturated carbocycles. The predicted octanol–water partition coefficient (Wildman–Crippen LogP) is 1.46. The van der Waals surface area contributed by atoms with Gasteiger partial charge in [-0.05, 0) is 18.2 Å². The SMILES string of the molecule is COCCn1c(CNS(=O)(=O)c2cccc([N+](=O)[O-])c2)nc2cccnc21. The molecule has 0 amide bonds. The Labute approximate surface area is 155 Å². The normalized spacial score (nSPS) is 11.7. The van der Waals surface area contributed by atoms with Crippen molar-refractivity contribution in [3.63, 3.8) is 0 Å². The molecule has 0 aliphatic heterocycles. The number of sulfonamides is 1. The topological polar surface area (TPSA) is 129 Å². The standard InChI is InChI=1S/C16H17N5O5S/c1-26-9-8-20-15(19-14-6-3-7-17-16(14)20)11-18-27(24,25)13-5-2-4-12(10-13)21(22)23/h2-7,10,18H,8-9,11H2,1H3. The van der Waals surface area contributed by atoms with Gasteiger partial charge in [-0.15, -0.1) is 0 Å². The summed E-state index contributed by atoms with van der Waals surface area (Å²) in [4.78, 5) is 18.7. The smallest absolute Gasteiger partial charge is 0.270 e. The molecule has 0 spiro atoms. The minimum Gasteiger partial charge on any atom is -0.383 e. The summed E-state index contributed by atoms with van der Waals surface area (Å²) < 4.78 is 34.3. The molecule has 1 N–H and O–H groups in total. The fraction of sp³-hybridized carbons (Fsp3) is 0.250. The lowest BCUT2D eigenvalue weighted by atomic mass is 10.3. The van der Waals surface area contributed by atoms with E-state index in [1.54, 1.807) is 30.0 Å². The van der Waals surface area contributed by atoms with Gasteiger partial charge in [-0.2, -0.15) is 0 Å². The summed E-state index contributed by atoms with van der Waals surface area (Å²) in [7, 11) is -2.38. The summed E-state index contributed by atoms with van der Waals surface area (Å²) in [6.07, 6.45) is 1.63. The second-order valence-electron chi connectivity index (χ2n) is 5.60. The third kappa shape index (κ3) is 4.10. The number of ether oxygens (including phenoxy) is 1. The van der Waals surface area contributed by atoms with Crippen LogP contribution < -0.4 is 4.72 Å². The number of pyridine rings is 1. The van der Waals surface area contributed by atoms with Crippen molar-refractivity contribution in [2.75, 3.05) is 13.7 Å². The number of benzene rings is 1. The lowest BCUT2D eigenvalue weighted by Gasteiger charge is -2.09. The zero-order valence-corrected chi connectivity index (χ0v) is 15.2. The third-order valence-electron chi connectivity index (χ3n) is 3.86. The minimum atomic E-state index is -3.95. The van der Waals surface area contributed by atoms with Gasteiger partial charge >= 0.3 is 0 Å². The van der Waals surface area contributed by atoms with Gasteiger partial charge in [0, 0.05) is 32.0 Å². The quantitative estimate of drug-likeness (QED) is 0.454. The molecule has 142 valence electrons. The van der Waals surface area contributed by atoms with Gasteiger partial charge in [0.15, 0.2) is 5.65 Å². The molecule has 0 fully saturated rings. The lowest BCUT2D eigenvalue weighted by molar-refractivity contribution is -0.385. The molecular formula is C16H17N5O5S. The van der Waals surface area contributed by atoms with Gasteiger partial charge in [-0.3, -0.25) is 10.1 Å². The van der Waals surface area contributed by atoms with E-state index < -0.39 is 14.9 Å². The van der Waals surface area contributed by atoms with Crippen LogP contribution in [0.15, 0.2) is 47.5 Å². The van der Waals surface area contributed by atoms with Crippen LogP contribution in [0.1, 0.15) is 5.82 Å². The zero-order valence-electron chi connectivity index (χ0n) is 14.4. The Balaban J connectivity index is 1.87. The van der Waals surface area contributed by atoms with Crippen molar-refractivity contribution < 1.29 is 18.1 Å². The van der Waals surface area contributed by atoms with Crippen LogP contribution in [0.4, 0.5) is 5.69 Å². The largest absolute Gasteiger partial charge is 0.383 e. The summed E-state index contributed by atoms with van der Waals surface area (Å²) in [5, 5.41) is 10.9. The van der Waals surface area contributed by atoms with Crippen LogP contribution in [0.3, 0.4) is 0 Å². The Hall–Kier alpha value is -2.89. The molecule has 0 bridgehead atoms. The number of nitrogens with one attached hydrogen (secondary N) is 1. The van der Waals surface area contributed by atoms with Crippen molar-refractivity contribution in [3.8, 4) is 0 Å². The number of nitro benzene ring substituents is 1. The van der Waals surface area contributed by atoms with Crippen LogP contribution in [0, 0.1) is 10.1 Å². The van der Waals surface area contributed by atoms with Gasteiger partial charge in [0.25, 0.3) is 5.69 Å². The average Bonchev–Trinajstić information content (AvgIpc) is 3.02. The van der Waals surface area contributed by atoms with Crippen molar-refractivity contribution in [2.24, 2.45) is 0 Å². The van der Waals surface area contributed by atoms with Crippen molar-refractivity contribution >= 4 is 26.9 Å². The van der Waals surface area contributed by atoms with E-state index in [0.717, 1.165) is 6.07 Å². The number of hydrogen-bond donors (Lipinski definition) is 1. The summed E-state index contributed by atoms with van der Waals surface area (Å²) in [6.45, 7) is 0.773. The van der Waals surface area contributed by atoms with Gasteiger partial charge in [0.05, 0.1) is 23.0 Å². The molecule has 2 aromatic heterocycles. The first-order chi connectivity index (χ1) is 12.9. The van der Waals surface area contributed by atoms with Gasteiger partial charge < -0.3 is 9.30 Å². The number of imidazole rings is 1. The van der Waals surface area contributed by atoms with E-state index in [-0.39, 0.29) is 17.1 Å². The highest BCUT2D eigenvalue weighted by molar-refractivity contribution is 7.89. The van der Waals surface area contributed by atoms with E-state index in [2.05, 4.69) is 14.7 Å². The molecule has 10 nitrogen and oxygen atoms in total. The number of nitrogens with zero attached hydrogens (tertiary/aromatic N) is 4. The number of aromatic nitrogens is 3. The monoisotopic (exact) mass is 391 g/mol. The summed E-state index contributed by atoms with van der Waals surface area (Å²) in [5.41, 5.74) is 0.964. The molecule has 2 heterocycles. The molecule has 0 atom stereocenters. The van der Waals surface area contributed by atoms with Gasteiger partial charge in [0.1, 0.15) is 11.3 Å². The van der Waals surface area contributed by atoms with Crippen LogP contribution in [0.25, 0.3) is 11.2 Å². The van der Waals surface area contributed by atoms with Crippen molar-refractivity contribution in [1.29, 1.82) is 0 Å². The fourth-order valence-corrected chi connectivity index (χ4v) is 3.58. The Morgan fingerprint density at radius 3 is 2.85 bits per heavy atom. The van der Waals surface area contributed by atoms with E-state index >= 15 is 0 Å². The van der Waals surface area contributed by atoms with Crippen LogP contribution in [0.5, 0.6) is 0 Å². The van der Waals surface area contributed by atoms with E-state index in [9.17, 15) is 18.5 Å². The third-order valence-corrected chi connectivity index (χ3v) is 5.26. The molecule has 0 unspecified atom stereocenters. The molecule has 27 heavy (non-hydrogen) atoms. The molecule has 0 saturated heterocycles. The van der Waals surface area contributed by atoms with E-state index in [4.69, 9.17) is 4.74 Å². The number of non-ortho nitro benzene ring substituents is 1. The Morgan fingerprint density at radius 1 is 1.30 bits per heavy atom. The fourth-order valence-electron chi connectivity index (χ4n) is 2.56. The second-order valence-corrected chi connectivity index (χ2v) is 7.36. The molecule has 0 radical (unpaired) electrons. The first-order valence-electron chi connectivity index (χ1n) is 7.95. The highest BCUT2D eigenvalue weighted by Crippen LogP contribution is 2.18.